The van der Waals surface area contributed by atoms with Crippen molar-refractivity contribution < 1.29 is 23.2 Å². The Kier molecular flexibility index (Phi) is 7.68. The lowest BCUT2D eigenvalue weighted by molar-refractivity contribution is 0.0661. The zero-order valence-electron chi connectivity index (χ0n) is 22.4. The minimum atomic E-state index is -0.273. The van der Waals surface area contributed by atoms with Crippen molar-refractivity contribution in [1.29, 1.82) is 0 Å². The first-order valence-electron chi connectivity index (χ1n) is 13.9. The Bertz CT molecular complexity index is 1440. The highest BCUT2D eigenvalue weighted by molar-refractivity contribution is 5.92. The van der Waals surface area contributed by atoms with Gasteiger partial charge in [0, 0.05) is 19.6 Å². The summed E-state index contributed by atoms with van der Waals surface area (Å²) in [6.45, 7) is 4.43. The summed E-state index contributed by atoms with van der Waals surface area (Å²) in [7, 11) is 0. The number of fused-ring (bicyclic) bond motifs is 1. The molecule has 1 unspecified atom stereocenters. The molecule has 2 aliphatic heterocycles. The predicted molar refractivity (Wildman–Crippen MR) is 149 cm³/mol. The smallest absolute Gasteiger partial charge is 0.290 e. The Morgan fingerprint density at radius 3 is 2.58 bits per heavy atom. The number of nitrogens with one attached hydrogen (secondary N) is 1. The number of carbonyl (C=O) groups is 2. The van der Waals surface area contributed by atoms with Gasteiger partial charge >= 0.3 is 0 Å². The molecule has 0 bridgehead atoms. The van der Waals surface area contributed by atoms with Gasteiger partial charge in [-0.15, -0.1) is 0 Å². The minimum absolute atomic E-state index is 0.141. The predicted octanol–water partition coefficient (Wildman–Crippen LogP) is 5.07. The molecule has 4 heterocycles. The Morgan fingerprint density at radius 1 is 0.925 bits per heavy atom. The largest absolute Gasteiger partial charge is 0.486 e. The van der Waals surface area contributed by atoms with E-state index in [1.165, 1.54) is 24.7 Å². The van der Waals surface area contributed by atoms with E-state index < -0.39 is 0 Å². The highest BCUT2D eigenvalue weighted by atomic mass is 16.5. The second-order valence-corrected chi connectivity index (χ2v) is 10.3. The molecule has 0 saturated carbocycles. The summed E-state index contributed by atoms with van der Waals surface area (Å²) in [5.74, 6) is 1.48. The number of carbonyl (C=O) groups excluding carboxylic acids is 2. The number of ether oxygens (including phenoxy) is 1. The van der Waals surface area contributed by atoms with E-state index in [4.69, 9.17) is 13.6 Å². The Labute approximate surface area is 233 Å². The maximum Gasteiger partial charge on any atom is 0.290 e. The van der Waals surface area contributed by atoms with E-state index in [2.05, 4.69) is 16.3 Å². The fraction of sp³-hybridized carbons (Fsp3) is 0.312. The van der Waals surface area contributed by atoms with E-state index in [1.54, 1.807) is 24.3 Å². The molecule has 1 saturated heterocycles. The molecule has 8 heteroatoms. The number of furan rings is 2. The molecule has 206 valence electrons. The molecule has 1 N–H and O–H groups in total. The molecule has 1 atom stereocenters. The van der Waals surface area contributed by atoms with Gasteiger partial charge in [-0.2, -0.15) is 0 Å². The van der Waals surface area contributed by atoms with Crippen LogP contribution in [0.4, 0.5) is 0 Å². The lowest BCUT2D eigenvalue weighted by atomic mass is 9.87. The number of amides is 2. The molecule has 0 spiro atoms. The molecule has 40 heavy (non-hydrogen) atoms. The number of rotatable bonds is 9. The summed E-state index contributed by atoms with van der Waals surface area (Å²) in [6.07, 6.45) is 4.72. The Morgan fingerprint density at radius 2 is 1.77 bits per heavy atom. The standard InChI is InChI=1S/C32H33N3O5/c36-31(33-15-19-34-16-4-5-17-34)28-13-12-26(40-28)22-39-25-11-10-23-14-18-35(32(37)29-9-6-20-38-29)30(27(23)21-25)24-7-2-1-3-8-24/h1-3,6-13,20-21,30H,4-5,14-19,22H2,(H,33,36). The number of nitrogens with zero attached hydrogens (tertiary/aromatic N) is 2. The molecule has 2 amide bonds. The molecule has 2 aromatic heterocycles. The molecule has 4 aromatic rings. The summed E-state index contributed by atoms with van der Waals surface area (Å²) in [6, 6.07) is 22.6. The van der Waals surface area contributed by atoms with Gasteiger partial charge in [0.1, 0.15) is 18.1 Å². The van der Waals surface area contributed by atoms with Crippen molar-refractivity contribution in [1.82, 2.24) is 15.1 Å². The van der Waals surface area contributed by atoms with Crippen LogP contribution in [0.2, 0.25) is 0 Å². The molecule has 2 aliphatic rings. The zero-order chi connectivity index (χ0) is 27.3. The van der Waals surface area contributed by atoms with Crippen LogP contribution in [0.15, 0.2) is 87.9 Å². The topological polar surface area (TPSA) is 88.2 Å². The van der Waals surface area contributed by atoms with Gasteiger partial charge in [0.05, 0.1) is 12.3 Å². The lowest BCUT2D eigenvalue weighted by Crippen LogP contribution is -2.40. The van der Waals surface area contributed by atoms with Crippen LogP contribution in [-0.4, -0.2) is 54.3 Å². The first-order valence-corrected chi connectivity index (χ1v) is 13.9. The summed E-state index contributed by atoms with van der Waals surface area (Å²) < 4.78 is 17.3. The third-order valence-electron chi connectivity index (χ3n) is 7.63. The molecule has 0 radical (unpaired) electrons. The van der Waals surface area contributed by atoms with Gasteiger partial charge in [-0.1, -0.05) is 36.4 Å². The van der Waals surface area contributed by atoms with E-state index in [9.17, 15) is 9.59 Å². The van der Waals surface area contributed by atoms with E-state index in [0.29, 0.717) is 30.4 Å². The maximum absolute atomic E-state index is 13.4. The average molecular weight is 540 g/mol. The van der Waals surface area contributed by atoms with Gasteiger partial charge in [-0.05, 0) is 85.4 Å². The number of benzene rings is 2. The van der Waals surface area contributed by atoms with Crippen molar-refractivity contribution >= 4 is 11.8 Å². The van der Waals surface area contributed by atoms with Crippen molar-refractivity contribution in [2.24, 2.45) is 0 Å². The highest BCUT2D eigenvalue weighted by Gasteiger charge is 2.34. The van der Waals surface area contributed by atoms with Crippen molar-refractivity contribution in [2.75, 3.05) is 32.7 Å². The quantitative estimate of drug-likeness (QED) is 0.320. The van der Waals surface area contributed by atoms with Gasteiger partial charge in [0.2, 0.25) is 0 Å². The second-order valence-electron chi connectivity index (χ2n) is 10.3. The van der Waals surface area contributed by atoms with Gasteiger partial charge in [-0.25, -0.2) is 0 Å². The third kappa shape index (κ3) is 5.67. The summed E-state index contributed by atoms with van der Waals surface area (Å²) in [5, 5.41) is 2.94. The number of hydrogen-bond acceptors (Lipinski definition) is 6. The Balaban J connectivity index is 1.15. The van der Waals surface area contributed by atoms with Crippen LogP contribution in [0.5, 0.6) is 5.75 Å². The van der Waals surface area contributed by atoms with Gasteiger partial charge in [0.15, 0.2) is 11.5 Å². The van der Waals surface area contributed by atoms with Crippen LogP contribution >= 0.6 is 0 Å². The van der Waals surface area contributed by atoms with Crippen molar-refractivity contribution in [3.63, 3.8) is 0 Å². The van der Waals surface area contributed by atoms with Crippen LogP contribution in [0.3, 0.4) is 0 Å². The van der Waals surface area contributed by atoms with Crippen LogP contribution in [0.1, 0.15) is 62.4 Å². The number of likely N-dealkylation sites (tertiary alicyclic amines) is 1. The molecular formula is C32H33N3O5. The fourth-order valence-corrected chi connectivity index (χ4v) is 5.59. The maximum atomic E-state index is 13.4. The number of hydrogen-bond donors (Lipinski definition) is 1. The van der Waals surface area contributed by atoms with Gasteiger partial charge < -0.3 is 28.7 Å². The SMILES string of the molecule is O=C(NCCN1CCCC1)c1ccc(COc2ccc3c(c2)C(c2ccccc2)N(C(=O)c2ccco2)CC3)o1. The molecule has 8 nitrogen and oxygen atoms in total. The summed E-state index contributed by atoms with van der Waals surface area (Å²) >= 11 is 0. The lowest BCUT2D eigenvalue weighted by Gasteiger charge is -2.37. The Hall–Kier alpha value is -4.30. The third-order valence-corrected chi connectivity index (χ3v) is 7.63. The molecule has 0 aliphatic carbocycles. The van der Waals surface area contributed by atoms with Gasteiger partial charge in [0.25, 0.3) is 11.8 Å². The second kappa shape index (κ2) is 11.8. The van der Waals surface area contributed by atoms with E-state index in [-0.39, 0.29) is 30.2 Å². The minimum Gasteiger partial charge on any atom is -0.486 e. The van der Waals surface area contributed by atoms with Crippen molar-refractivity contribution in [3.8, 4) is 5.75 Å². The highest BCUT2D eigenvalue weighted by Crippen LogP contribution is 2.38. The van der Waals surface area contributed by atoms with E-state index in [0.717, 1.165) is 37.2 Å². The normalized spacial score (nSPS) is 17.0. The monoisotopic (exact) mass is 539 g/mol. The van der Waals surface area contributed by atoms with Crippen LogP contribution in [-0.2, 0) is 13.0 Å². The van der Waals surface area contributed by atoms with Crippen LogP contribution < -0.4 is 10.1 Å². The average Bonchev–Trinajstić information content (AvgIpc) is 3.79. The molecule has 1 fully saturated rings. The van der Waals surface area contributed by atoms with Crippen molar-refractivity contribution in [3.05, 3.63) is 113 Å². The summed E-state index contributed by atoms with van der Waals surface area (Å²) in [5.41, 5.74) is 3.22. The first-order chi connectivity index (χ1) is 19.7. The zero-order valence-corrected chi connectivity index (χ0v) is 22.4. The molecule has 6 rings (SSSR count). The molecule has 2 aromatic carbocycles. The van der Waals surface area contributed by atoms with Gasteiger partial charge in [-0.3, -0.25) is 9.59 Å². The summed E-state index contributed by atoms with van der Waals surface area (Å²) in [4.78, 5) is 30.1. The van der Waals surface area contributed by atoms with Crippen LogP contribution in [0, 0.1) is 0 Å². The first kappa shape index (κ1) is 26.0. The van der Waals surface area contributed by atoms with E-state index in [1.807, 2.05) is 47.4 Å². The van der Waals surface area contributed by atoms with E-state index >= 15 is 0 Å². The van der Waals surface area contributed by atoms with Crippen molar-refractivity contribution in [2.45, 2.75) is 31.9 Å². The molecular weight excluding hydrogens is 506 g/mol. The van der Waals surface area contributed by atoms with Crippen LogP contribution in [0.25, 0.3) is 0 Å². The fourth-order valence-electron chi connectivity index (χ4n) is 5.59.